The fourth-order valence-corrected chi connectivity index (χ4v) is 7.07. The molecule has 1 aliphatic heterocycles. The van der Waals surface area contributed by atoms with Gasteiger partial charge in [0.25, 0.3) is 5.91 Å². The summed E-state index contributed by atoms with van der Waals surface area (Å²) in [7, 11) is -3.70. The highest BCUT2D eigenvalue weighted by Crippen LogP contribution is 2.31. The first-order valence-electron chi connectivity index (χ1n) is 16.6. The van der Waals surface area contributed by atoms with Crippen LogP contribution in [-0.2, 0) is 16.6 Å². The van der Waals surface area contributed by atoms with Gasteiger partial charge in [0.2, 0.25) is 10.0 Å². The fraction of sp³-hybridized carbons (Fsp3) is 0.270. The number of ether oxygens (including phenoxy) is 2. The number of nitrogens with zero attached hydrogens (tertiary/aromatic N) is 4. The number of imidazole rings is 1. The number of amides is 1. The number of aromatic nitrogens is 3. The molecule has 3 heterocycles. The van der Waals surface area contributed by atoms with Gasteiger partial charge in [-0.15, -0.1) is 0 Å². The van der Waals surface area contributed by atoms with Crippen molar-refractivity contribution in [3.05, 3.63) is 125 Å². The lowest BCUT2D eigenvalue weighted by Gasteiger charge is -2.28. The van der Waals surface area contributed by atoms with E-state index in [2.05, 4.69) is 15.0 Å². The maximum Gasteiger partial charge on any atom is 0.334 e. The van der Waals surface area contributed by atoms with Crippen molar-refractivity contribution in [1.82, 2.24) is 24.3 Å². The van der Waals surface area contributed by atoms with Gasteiger partial charge in [0.05, 0.1) is 35.6 Å². The van der Waals surface area contributed by atoms with Crippen molar-refractivity contribution >= 4 is 21.6 Å². The summed E-state index contributed by atoms with van der Waals surface area (Å²) < 4.78 is 43.2. The number of anilines is 1. The van der Waals surface area contributed by atoms with Gasteiger partial charge in [-0.3, -0.25) is 23.6 Å². The molecule has 1 saturated heterocycles. The maximum absolute atomic E-state index is 14.8. The van der Waals surface area contributed by atoms with Gasteiger partial charge in [-0.1, -0.05) is 61.5 Å². The third kappa shape index (κ3) is 8.07. The number of hydrogen-bond donors (Lipinski definition) is 2. The molecule has 1 fully saturated rings. The Bertz CT molecular complexity index is 2080. The zero-order chi connectivity index (χ0) is 34.9. The summed E-state index contributed by atoms with van der Waals surface area (Å²) in [4.78, 5) is 35.1. The molecule has 6 rings (SSSR count). The Morgan fingerprint density at radius 2 is 1.62 bits per heavy atom. The molecule has 5 aromatic rings. The van der Waals surface area contributed by atoms with E-state index >= 15 is 0 Å². The quantitative estimate of drug-likeness (QED) is 0.163. The largest absolute Gasteiger partial charge is 0.490 e. The van der Waals surface area contributed by atoms with Gasteiger partial charge >= 0.3 is 5.69 Å². The number of carbonyl (C=O) groups excluding carboxylic acids is 1. The van der Waals surface area contributed by atoms with Crippen molar-refractivity contribution < 1.29 is 22.7 Å². The van der Waals surface area contributed by atoms with E-state index in [9.17, 15) is 18.0 Å². The maximum atomic E-state index is 14.8. The smallest absolute Gasteiger partial charge is 0.334 e. The van der Waals surface area contributed by atoms with Crippen LogP contribution < -0.4 is 25.2 Å². The van der Waals surface area contributed by atoms with E-state index in [1.807, 2.05) is 60.7 Å². The molecule has 0 atom stereocenters. The summed E-state index contributed by atoms with van der Waals surface area (Å²) in [6.07, 6.45) is 3.73. The van der Waals surface area contributed by atoms with Gasteiger partial charge in [-0.2, -0.15) is 0 Å². The standard InChI is InChI=1S/C37H40N6O6S/c1-2-24-50(46,47)40-32-15-6-7-16-33(32)43-34(29-11-4-3-5-12-29)35(36(44)41-20-18-38-19-21-41)42(37(43)45)27-28-10-8-13-30(25-28)48-22-23-49-31-14-9-17-39-26-31/h3-17,25-26,38,40H,2,18-24,27H2,1H3. The summed E-state index contributed by atoms with van der Waals surface area (Å²) in [5.41, 5.74) is 2.03. The van der Waals surface area contributed by atoms with E-state index in [-0.39, 0.29) is 36.2 Å². The molecule has 0 saturated carbocycles. The van der Waals surface area contributed by atoms with Crippen molar-refractivity contribution in [1.29, 1.82) is 0 Å². The molecule has 13 heteroatoms. The lowest BCUT2D eigenvalue weighted by molar-refractivity contribution is 0.0725. The number of sulfonamides is 1. The second kappa shape index (κ2) is 15.9. The average molecular weight is 697 g/mol. The Hall–Kier alpha value is -5.40. The Balaban J connectivity index is 1.44. The molecule has 0 radical (unpaired) electrons. The highest BCUT2D eigenvalue weighted by Gasteiger charge is 2.32. The van der Waals surface area contributed by atoms with Crippen molar-refractivity contribution in [2.45, 2.75) is 19.9 Å². The van der Waals surface area contributed by atoms with E-state index in [4.69, 9.17) is 9.47 Å². The van der Waals surface area contributed by atoms with E-state index in [1.165, 1.54) is 9.13 Å². The minimum Gasteiger partial charge on any atom is -0.490 e. The van der Waals surface area contributed by atoms with Crippen LogP contribution in [0, 0.1) is 0 Å². The number of piperazine rings is 1. The zero-order valence-corrected chi connectivity index (χ0v) is 28.6. The molecule has 0 bridgehead atoms. The first-order chi connectivity index (χ1) is 24.3. The van der Waals surface area contributed by atoms with Gasteiger partial charge < -0.3 is 19.7 Å². The highest BCUT2D eigenvalue weighted by molar-refractivity contribution is 7.92. The lowest BCUT2D eigenvalue weighted by Crippen LogP contribution is -2.47. The Morgan fingerprint density at radius 1 is 0.900 bits per heavy atom. The number of rotatable bonds is 14. The predicted octanol–water partition coefficient (Wildman–Crippen LogP) is 4.40. The second-order valence-electron chi connectivity index (χ2n) is 11.8. The summed E-state index contributed by atoms with van der Waals surface area (Å²) in [6.45, 7) is 4.65. The lowest BCUT2D eigenvalue weighted by atomic mass is 10.1. The molecular formula is C37H40N6O6S. The molecule has 3 aromatic carbocycles. The Kier molecular flexibility index (Phi) is 10.9. The van der Waals surface area contributed by atoms with Gasteiger partial charge in [0, 0.05) is 37.9 Å². The van der Waals surface area contributed by atoms with Gasteiger partial charge in [-0.25, -0.2) is 13.2 Å². The van der Waals surface area contributed by atoms with Crippen molar-refractivity contribution in [3.63, 3.8) is 0 Å². The number of nitrogens with one attached hydrogen (secondary N) is 2. The topological polar surface area (TPSA) is 137 Å². The van der Waals surface area contributed by atoms with Crippen LogP contribution in [0.2, 0.25) is 0 Å². The minimum absolute atomic E-state index is 0.0615. The first kappa shape index (κ1) is 34.5. The molecule has 0 aliphatic carbocycles. The van der Waals surface area contributed by atoms with E-state index in [0.29, 0.717) is 67.7 Å². The molecule has 1 amide bonds. The van der Waals surface area contributed by atoms with Crippen molar-refractivity contribution in [2.75, 3.05) is 49.9 Å². The summed E-state index contributed by atoms with van der Waals surface area (Å²) in [5, 5.41) is 3.28. The fourth-order valence-electron chi connectivity index (χ4n) is 5.92. The van der Waals surface area contributed by atoms with Crippen LogP contribution in [0.4, 0.5) is 5.69 Å². The SMILES string of the molecule is CCCS(=O)(=O)Nc1ccccc1-n1c(-c2ccccc2)c(C(=O)N2CCNCC2)n(Cc2cccc(OCCOc3cccnc3)c2)c1=O. The molecule has 260 valence electrons. The second-order valence-corrected chi connectivity index (χ2v) is 13.6. The van der Waals surface area contributed by atoms with Crippen LogP contribution in [0.1, 0.15) is 29.4 Å². The molecule has 2 aromatic heterocycles. The molecule has 2 N–H and O–H groups in total. The zero-order valence-electron chi connectivity index (χ0n) is 27.8. The monoisotopic (exact) mass is 696 g/mol. The summed E-state index contributed by atoms with van der Waals surface area (Å²) in [6, 6.07) is 27.0. The molecule has 50 heavy (non-hydrogen) atoms. The molecule has 12 nitrogen and oxygen atoms in total. The van der Waals surface area contributed by atoms with Crippen molar-refractivity contribution in [2.24, 2.45) is 0 Å². The molecule has 0 spiro atoms. The van der Waals surface area contributed by atoms with Crippen molar-refractivity contribution in [3.8, 4) is 28.4 Å². The van der Waals surface area contributed by atoms with Crippen LogP contribution in [0.25, 0.3) is 16.9 Å². The van der Waals surface area contributed by atoms with E-state index < -0.39 is 15.7 Å². The highest BCUT2D eigenvalue weighted by atomic mass is 32.2. The van der Waals surface area contributed by atoms with Gasteiger partial charge in [0.15, 0.2) is 0 Å². The van der Waals surface area contributed by atoms with Gasteiger partial charge in [0.1, 0.15) is 30.4 Å². The van der Waals surface area contributed by atoms with Crippen LogP contribution in [-0.4, -0.2) is 78.5 Å². The third-order valence-corrected chi connectivity index (χ3v) is 9.65. The average Bonchev–Trinajstić information content (AvgIpc) is 3.42. The molecule has 1 aliphatic rings. The van der Waals surface area contributed by atoms with Crippen LogP contribution in [0.5, 0.6) is 11.5 Å². The van der Waals surface area contributed by atoms with E-state index in [1.54, 1.807) is 54.5 Å². The van der Waals surface area contributed by atoms with Gasteiger partial charge in [-0.05, 0) is 48.4 Å². The number of para-hydroxylation sites is 2. The van der Waals surface area contributed by atoms with Crippen LogP contribution >= 0.6 is 0 Å². The number of hydrogen-bond acceptors (Lipinski definition) is 8. The van der Waals surface area contributed by atoms with Crippen LogP contribution in [0.15, 0.2) is 108 Å². The molecule has 0 unspecified atom stereocenters. The number of benzene rings is 3. The Morgan fingerprint density at radius 3 is 2.36 bits per heavy atom. The van der Waals surface area contributed by atoms with Crippen LogP contribution in [0.3, 0.4) is 0 Å². The minimum atomic E-state index is -3.70. The van der Waals surface area contributed by atoms with E-state index in [0.717, 1.165) is 5.56 Å². The first-order valence-corrected chi connectivity index (χ1v) is 18.3. The third-order valence-electron chi connectivity index (χ3n) is 8.17. The number of pyridine rings is 1. The normalized spacial score (nSPS) is 13.2. The predicted molar refractivity (Wildman–Crippen MR) is 193 cm³/mol. The Labute approximate surface area is 291 Å². The summed E-state index contributed by atoms with van der Waals surface area (Å²) in [5.74, 6) is 0.858. The number of carbonyl (C=O) groups is 1. The molecular weight excluding hydrogens is 657 g/mol. The summed E-state index contributed by atoms with van der Waals surface area (Å²) >= 11 is 0.